The second-order valence-electron chi connectivity index (χ2n) is 0.577. The van der Waals surface area contributed by atoms with Crippen molar-refractivity contribution in [3.05, 3.63) is 0 Å². The van der Waals surface area contributed by atoms with Gasteiger partial charge in [-0.25, -0.2) is 0 Å². The Bertz CT molecular complexity index is 36.1. The molecule has 0 unspecified atom stereocenters. The van der Waals surface area contributed by atoms with Crippen molar-refractivity contribution in [3.63, 3.8) is 0 Å². The van der Waals surface area contributed by atoms with Crippen LogP contribution in [0.4, 0.5) is 0 Å². The maximum Gasteiger partial charge on any atom is 3.00 e. The molecule has 0 aromatic heterocycles. The zero-order chi connectivity index (χ0) is 7.15. The van der Waals surface area contributed by atoms with E-state index in [0.717, 1.165) is 0 Å². The molecule has 0 aliphatic carbocycles. The summed E-state index contributed by atoms with van der Waals surface area (Å²) >= 11 is 0. The summed E-state index contributed by atoms with van der Waals surface area (Å²) < 4.78 is 0. The maximum atomic E-state index is 8.42. The quantitative estimate of drug-likeness (QED) is 0.373. The van der Waals surface area contributed by atoms with Crippen LogP contribution in [0, 0.1) is 38.6 Å². The fraction of sp³-hybridized carbons (Fsp3) is 0. The molecule has 0 aromatic carbocycles. The normalized spacial score (nSPS) is 4.91. The summed E-state index contributed by atoms with van der Waals surface area (Å²) in [5.74, 6) is 0. The largest absolute Gasteiger partial charge is 3.00 e. The van der Waals surface area contributed by atoms with E-state index >= 15 is 0 Å². The SMILES string of the molecule is [Cd+2].[Li+].[O-]B([O-])[O-].[O-]B([O-])[O-].[Tb+3]. The molecular weight excluding hydrogens is 396 g/mol. The minimum Gasteiger partial charge on any atom is -0.907 e. The van der Waals surface area contributed by atoms with Crippen LogP contribution in [-0.2, 0) is 27.3 Å². The summed E-state index contributed by atoms with van der Waals surface area (Å²) in [6, 6.07) is 0. The van der Waals surface area contributed by atoms with Crippen molar-refractivity contribution in [1.82, 2.24) is 0 Å². The zero-order valence-electron chi connectivity index (χ0n) is 5.64. The van der Waals surface area contributed by atoms with Crippen LogP contribution >= 0.6 is 0 Å². The Hall–Kier alpha value is 2.70. The Kier molecular flexibility index (Phi) is 61.0. The predicted molar refractivity (Wildman–Crippen MR) is 11.5 cm³/mol. The summed E-state index contributed by atoms with van der Waals surface area (Å²) in [5, 5.41) is 50.5. The van der Waals surface area contributed by atoms with Crippen molar-refractivity contribution >= 4 is 14.6 Å². The molecule has 6 nitrogen and oxygen atoms in total. The van der Waals surface area contributed by atoms with E-state index in [9.17, 15) is 0 Å². The molecule has 0 bridgehead atoms. The summed E-state index contributed by atoms with van der Waals surface area (Å²) in [4.78, 5) is 0. The van der Waals surface area contributed by atoms with Crippen LogP contribution in [0.25, 0.3) is 0 Å². The average molecular weight is 396 g/mol. The second kappa shape index (κ2) is 23.0. The van der Waals surface area contributed by atoms with E-state index < -0.39 is 14.6 Å². The first-order valence-corrected chi connectivity index (χ1v) is 1.41. The molecule has 0 spiro atoms. The Labute approximate surface area is 128 Å². The zero-order valence-corrected chi connectivity index (χ0v) is 11.8. The molecule has 0 saturated carbocycles. The third-order valence-corrected chi connectivity index (χ3v) is 0. The summed E-state index contributed by atoms with van der Waals surface area (Å²) in [6.07, 6.45) is 0. The van der Waals surface area contributed by atoms with Gasteiger partial charge >= 0.3 is 84.8 Å². The van der Waals surface area contributed by atoms with Crippen molar-refractivity contribution in [2.75, 3.05) is 0 Å². The molecule has 0 aliphatic rings. The van der Waals surface area contributed by atoms with E-state index in [1.54, 1.807) is 0 Å². The van der Waals surface area contributed by atoms with E-state index in [-0.39, 0.29) is 84.8 Å². The van der Waals surface area contributed by atoms with Gasteiger partial charge < -0.3 is 30.1 Å². The summed E-state index contributed by atoms with van der Waals surface area (Å²) in [6.45, 7) is 0. The van der Waals surface area contributed by atoms with Gasteiger partial charge in [-0.15, -0.1) is 0 Å². The molecule has 0 rings (SSSR count). The van der Waals surface area contributed by atoms with Gasteiger partial charge in [0.2, 0.25) is 0 Å². The van der Waals surface area contributed by atoms with Gasteiger partial charge in [0.05, 0.1) is 0 Å². The van der Waals surface area contributed by atoms with E-state index in [2.05, 4.69) is 0 Å². The van der Waals surface area contributed by atoms with Gasteiger partial charge in [0.1, 0.15) is 0 Å². The molecular formula is B2CdLiO6Tb. The smallest absolute Gasteiger partial charge is 0.907 e. The van der Waals surface area contributed by atoms with Crippen LogP contribution < -0.4 is 49.0 Å². The fourth-order valence-electron chi connectivity index (χ4n) is 0. The Balaban J connectivity index is -0.0000000171. The average Bonchev–Trinajstić information content (AvgIpc) is 1.25. The van der Waals surface area contributed by atoms with Gasteiger partial charge in [0, 0.05) is 0 Å². The first kappa shape index (κ1) is 29.2. The minimum absolute atomic E-state index is 0. The number of rotatable bonds is 0. The molecule has 0 atom stereocenters. The molecule has 11 heteroatoms. The van der Waals surface area contributed by atoms with Crippen LogP contribution in [-0.4, -0.2) is 14.6 Å². The standard InChI is InChI=1S/2BO3.Cd.Li.Tb/c2*2-1(3)4;;;/q2*-3;+2;+1;+3. The number of hydrogen-bond donors (Lipinski definition) is 0. The van der Waals surface area contributed by atoms with E-state index in [1.807, 2.05) is 0 Å². The van der Waals surface area contributed by atoms with Crippen LogP contribution in [0.15, 0.2) is 0 Å². The van der Waals surface area contributed by atoms with Crippen molar-refractivity contribution in [1.29, 1.82) is 0 Å². The van der Waals surface area contributed by atoms with E-state index in [4.69, 9.17) is 30.1 Å². The Morgan fingerprint density at radius 3 is 0.636 bits per heavy atom. The molecule has 0 N–H and O–H groups in total. The van der Waals surface area contributed by atoms with Gasteiger partial charge in [0.25, 0.3) is 0 Å². The van der Waals surface area contributed by atoms with Crippen molar-refractivity contribution in [3.8, 4) is 0 Å². The molecule has 0 saturated heterocycles. The van der Waals surface area contributed by atoms with Gasteiger partial charge in [0.15, 0.2) is 0 Å². The Morgan fingerprint density at radius 2 is 0.636 bits per heavy atom. The fourth-order valence-corrected chi connectivity index (χ4v) is 0. The van der Waals surface area contributed by atoms with Gasteiger partial charge in [-0.2, -0.15) is 0 Å². The summed E-state index contributed by atoms with van der Waals surface area (Å²) in [7, 11) is -5.83. The maximum absolute atomic E-state index is 8.42. The van der Waals surface area contributed by atoms with Crippen molar-refractivity contribution in [2.24, 2.45) is 0 Å². The Morgan fingerprint density at radius 1 is 0.636 bits per heavy atom. The molecule has 0 aromatic rings. The van der Waals surface area contributed by atoms with Gasteiger partial charge in [-0.1, -0.05) is 0 Å². The van der Waals surface area contributed by atoms with Gasteiger partial charge in [-0.05, 0) is 0 Å². The first-order chi connectivity index (χ1) is 3.46. The van der Waals surface area contributed by atoms with Crippen LogP contribution in [0.1, 0.15) is 0 Å². The monoisotopic (exact) mass is 398 g/mol. The number of hydrogen-bond acceptors (Lipinski definition) is 6. The first-order valence-electron chi connectivity index (χ1n) is 1.41. The second-order valence-corrected chi connectivity index (χ2v) is 0.577. The van der Waals surface area contributed by atoms with E-state index in [1.165, 1.54) is 0 Å². The third-order valence-electron chi connectivity index (χ3n) is 0. The molecule has 11 heavy (non-hydrogen) atoms. The third kappa shape index (κ3) is 200. The van der Waals surface area contributed by atoms with Crippen LogP contribution in [0.3, 0.4) is 0 Å². The molecule has 54 valence electrons. The molecule has 0 fully saturated rings. The summed E-state index contributed by atoms with van der Waals surface area (Å²) in [5.41, 5.74) is 0. The predicted octanol–water partition coefficient (Wildman–Crippen LogP) is -10.9. The van der Waals surface area contributed by atoms with Crippen LogP contribution in [0.5, 0.6) is 0 Å². The molecule has 0 aliphatic heterocycles. The van der Waals surface area contributed by atoms with Crippen molar-refractivity contribution < 1.29 is 115 Å². The van der Waals surface area contributed by atoms with Gasteiger partial charge in [-0.3, -0.25) is 14.6 Å². The molecule has 0 amide bonds. The molecule has 0 heterocycles. The van der Waals surface area contributed by atoms with Crippen LogP contribution in [0.2, 0.25) is 0 Å². The van der Waals surface area contributed by atoms with E-state index in [0.29, 0.717) is 0 Å². The topological polar surface area (TPSA) is 138 Å². The minimum atomic E-state index is -2.92. The molecule has 0 radical (unpaired) electrons. The van der Waals surface area contributed by atoms with Crippen molar-refractivity contribution in [2.45, 2.75) is 0 Å².